The van der Waals surface area contributed by atoms with Crippen LogP contribution in [0.5, 0.6) is 0 Å². The molecule has 0 fully saturated rings. The van der Waals surface area contributed by atoms with Crippen LogP contribution in [0.2, 0.25) is 5.02 Å². The second kappa shape index (κ2) is 7.26. The van der Waals surface area contributed by atoms with E-state index in [1.54, 1.807) is 11.0 Å². The molecule has 2 aromatic rings. The zero-order valence-electron chi connectivity index (χ0n) is 14.6. The van der Waals surface area contributed by atoms with Gasteiger partial charge in [0.05, 0.1) is 11.6 Å². The zero-order valence-corrected chi connectivity index (χ0v) is 16.1. The van der Waals surface area contributed by atoms with Crippen molar-refractivity contribution in [3.05, 3.63) is 53.1 Å². The van der Waals surface area contributed by atoms with Crippen molar-refractivity contribution in [2.75, 3.05) is 37.4 Å². The number of hydrogen-bond acceptors (Lipinski definition) is 4. The number of sulfonamides is 1. The zero-order chi connectivity index (χ0) is 18.9. The predicted octanol–water partition coefficient (Wildman–Crippen LogP) is 2.59. The van der Waals surface area contributed by atoms with E-state index in [1.165, 1.54) is 26.2 Å². The van der Waals surface area contributed by atoms with Crippen LogP contribution in [0.1, 0.15) is 5.56 Å². The third-order valence-corrected chi connectivity index (χ3v) is 6.62. The molecule has 1 amide bonds. The Labute approximate surface area is 158 Å². The van der Waals surface area contributed by atoms with Crippen LogP contribution >= 0.6 is 11.6 Å². The summed E-state index contributed by atoms with van der Waals surface area (Å²) in [6.07, 6.45) is 0.841. The van der Waals surface area contributed by atoms with Crippen LogP contribution in [-0.2, 0) is 21.2 Å². The Morgan fingerprint density at radius 3 is 2.69 bits per heavy atom. The van der Waals surface area contributed by atoms with Crippen molar-refractivity contribution in [2.45, 2.75) is 11.3 Å². The fraction of sp³-hybridized carbons (Fsp3) is 0.278. The highest BCUT2D eigenvalue weighted by Crippen LogP contribution is 2.28. The van der Waals surface area contributed by atoms with Crippen LogP contribution in [-0.4, -0.2) is 45.8 Å². The lowest BCUT2D eigenvalue weighted by atomic mass is 10.2. The minimum Gasteiger partial charge on any atom is -0.376 e. The minimum atomic E-state index is -3.66. The number of hydrogen-bond donors (Lipinski definition) is 1. The average molecular weight is 394 g/mol. The highest BCUT2D eigenvalue weighted by molar-refractivity contribution is 7.89. The monoisotopic (exact) mass is 393 g/mol. The summed E-state index contributed by atoms with van der Waals surface area (Å²) in [7, 11) is -0.769. The van der Waals surface area contributed by atoms with E-state index in [0.29, 0.717) is 12.2 Å². The van der Waals surface area contributed by atoms with E-state index in [9.17, 15) is 13.2 Å². The molecule has 2 aromatic carbocycles. The number of nitrogens with one attached hydrogen (secondary N) is 1. The molecular formula is C18H20ClN3O3S. The van der Waals surface area contributed by atoms with Gasteiger partial charge in [-0.1, -0.05) is 29.8 Å². The highest BCUT2D eigenvalue weighted by atomic mass is 35.5. The fourth-order valence-corrected chi connectivity index (χ4v) is 4.27. The molecule has 0 unspecified atom stereocenters. The Kier molecular flexibility index (Phi) is 5.22. The van der Waals surface area contributed by atoms with E-state index in [4.69, 9.17) is 11.6 Å². The van der Waals surface area contributed by atoms with Crippen molar-refractivity contribution in [3.63, 3.8) is 0 Å². The number of rotatable bonds is 5. The van der Waals surface area contributed by atoms with E-state index >= 15 is 0 Å². The van der Waals surface area contributed by atoms with Gasteiger partial charge in [-0.05, 0) is 36.2 Å². The largest absolute Gasteiger partial charge is 0.376 e. The quantitative estimate of drug-likeness (QED) is 0.847. The highest BCUT2D eigenvalue weighted by Gasteiger charge is 2.24. The van der Waals surface area contributed by atoms with Gasteiger partial charge in [-0.3, -0.25) is 4.79 Å². The Morgan fingerprint density at radius 2 is 1.96 bits per heavy atom. The Balaban J connectivity index is 1.74. The number of anilines is 2. The number of benzene rings is 2. The molecular weight excluding hydrogens is 374 g/mol. The maximum atomic E-state index is 12.5. The van der Waals surface area contributed by atoms with Crippen LogP contribution in [0.15, 0.2) is 47.4 Å². The van der Waals surface area contributed by atoms with Crippen molar-refractivity contribution < 1.29 is 13.2 Å². The van der Waals surface area contributed by atoms with Gasteiger partial charge in [0.1, 0.15) is 4.90 Å². The maximum absolute atomic E-state index is 12.5. The summed E-state index contributed by atoms with van der Waals surface area (Å²) in [5.41, 5.74) is 2.62. The first-order valence-electron chi connectivity index (χ1n) is 8.15. The lowest BCUT2D eigenvalue weighted by molar-refractivity contribution is -0.116. The molecule has 0 saturated carbocycles. The summed E-state index contributed by atoms with van der Waals surface area (Å²) in [4.78, 5) is 14.3. The fourth-order valence-electron chi connectivity index (χ4n) is 2.88. The van der Waals surface area contributed by atoms with Crippen LogP contribution in [0, 0.1) is 0 Å². The summed E-state index contributed by atoms with van der Waals surface area (Å²) in [6.45, 7) is 0.720. The molecule has 6 nitrogen and oxygen atoms in total. The van der Waals surface area contributed by atoms with Gasteiger partial charge in [0.15, 0.2) is 0 Å². The number of nitrogens with zero attached hydrogens (tertiary/aromatic N) is 2. The Hall–Kier alpha value is -2.09. The lowest BCUT2D eigenvalue weighted by Gasteiger charge is -2.18. The average Bonchev–Trinajstić information content (AvgIpc) is 3.04. The molecule has 0 aliphatic carbocycles. The molecule has 26 heavy (non-hydrogen) atoms. The molecule has 1 heterocycles. The number of para-hydroxylation sites is 1. The molecule has 1 aliphatic rings. The predicted molar refractivity (Wildman–Crippen MR) is 103 cm³/mol. The van der Waals surface area contributed by atoms with Crippen molar-refractivity contribution in [1.82, 2.24) is 4.31 Å². The number of amides is 1. The van der Waals surface area contributed by atoms with E-state index in [0.717, 1.165) is 22.0 Å². The van der Waals surface area contributed by atoms with Crippen LogP contribution in [0.3, 0.4) is 0 Å². The van der Waals surface area contributed by atoms with Gasteiger partial charge >= 0.3 is 0 Å². The van der Waals surface area contributed by atoms with Crippen LogP contribution in [0.25, 0.3) is 0 Å². The van der Waals surface area contributed by atoms with Gasteiger partial charge in [-0.25, -0.2) is 12.7 Å². The van der Waals surface area contributed by atoms with E-state index in [1.807, 2.05) is 24.3 Å². The molecule has 0 spiro atoms. The van der Waals surface area contributed by atoms with Gasteiger partial charge in [0.25, 0.3) is 0 Å². The first-order valence-corrected chi connectivity index (χ1v) is 9.97. The molecule has 0 aromatic heterocycles. The molecule has 1 aliphatic heterocycles. The normalized spacial score (nSPS) is 13.8. The number of carbonyl (C=O) groups is 1. The SMILES string of the molecule is CN(C)S(=O)(=O)c1cc(NCC(=O)N2CCc3ccccc32)ccc1Cl. The van der Waals surface area contributed by atoms with Crippen molar-refractivity contribution >= 4 is 38.9 Å². The Bertz CT molecular complexity index is 944. The van der Waals surface area contributed by atoms with E-state index in [-0.39, 0.29) is 22.4 Å². The number of halogens is 1. The van der Waals surface area contributed by atoms with Gasteiger partial charge < -0.3 is 10.2 Å². The molecule has 1 N–H and O–H groups in total. The van der Waals surface area contributed by atoms with Crippen molar-refractivity contribution in [2.24, 2.45) is 0 Å². The summed E-state index contributed by atoms with van der Waals surface area (Å²) < 4.78 is 25.8. The van der Waals surface area contributed by atoms with E-state index < -0.39 is 10.0 Å². The van der Waals surface area contributed by atoms with Crippen molar-refractivity contribution in [3.8, 4) is 0 Å². The molecule has 138 valence electrons. The third kappa shape index (κ3) is 3.56. The van der Waals surface area contributed by atoms with Gasteiger partial charge in [-0.2, -0.15) is 0 Å². The molecule has 0 radical (unpaired) electrons. The number of carbonyl (C=O) groups excluding carboxylic acids is 1. The molecule has 0 bridgehead atoms. The molecule has 0 atom stereocenters. The molecule has 3 rings (SSSR count). The minimum absolute atomic E-state index is 0.00753. The molecule has 0 saturated heterocycles. The van der Waals surface area contributed by atoms with Gasteiger partial charge in [0, 0.05) is 32.0 Å². The maximum Gasteiger partial charge on any atom is 0.246 e. The third-order valence-electron chi connectivity index (χ3n) is 4.32. The smallest absolute Gasteiger partial charge is 0.246 e. The standard InChI is InChI=1S/C18H20ClN3O3S/c1-21(2)26(24,25)17-11-14(7-8-15(17)19)20-12-18(23)22-10-9-13-5-3-4-6-16(13)22/h3-8,11,20H,9-10,12H2,1-2H3. The Morgan fingerprint density at radius 1 is 1.23 bits per heavy atom. The second-order valence-corrected chi connectivity index (χ2v) is 8.74. The first kappa shape index (κ1) is 18.7. The summed E-state index contributed by atoms with van der Waals surface area (Å²) in [5, 5.41) is 3.14. The summed E-state index contributed by atoms with van der Waals surface area (Å²) in [6, 6.07) is 12.4. The van der Waals surface area contributed by atoms with Crippen LogP contribution < -0.4 is 10.2 Å². The first-order chi connectivity index (χ1) is 12.3. The topological polar surface area (TPSA) is 69.7 Å². The lowest BCUT2D eigenvalue weighted by Crippen LogP contribution is -2.34. The van der Waals surface area contributed by atoms with Gasteiger partial charge in [-0.15, -0.1) is 0 Å². The van der Waals surface area contributed by atoms with E-state index in [2.05, 4.69) is 5.32 Å². The summed E-state index contributed by atoms with van der Waals surface area (Å²) >= 11 is 6.04. The molecule has 8 heteroatoms. The second-order valence-electron chi connectivity index (χ2n) is 6.21. The summed E-state index contributed by atoms with van der Waals surface area (Å²) in [5.74, 6) is -0.0677. The number of fused-ring (bicyclic) bond motifs is 1. The van der Waals surface area contributed by atoms with Gasteiger partial charge in [0.2, 0.25) is 15.9 Å². The van der Waals surface area contributed by atoms with Crippen LogP contribution in [0.4, 0.5) is 11.4 Å². The van der Waals surface area contributed by atoms with Crippen molar-refractivity contribution in [1.29, 1.82) is 0 Å².